The highest BCUT2D eigenvalue weighted by Gasteiger charge is 2.00. The third-order valence-corrected chi connectivity index (χ3v) is 2.37. The largest absolute Gasteiger partial charge is 0.475 e. The Hall–Kier alpha value is -1.20. The summed E-state index contributed by atoms with van der Waals surface area (Å²) < 4.78 is 10.8. The Morgan fingerprint density at radius 3 is 2.94 bits per heavy atom. The molecule has 94 valence electrons. The molecule has 2 N–H and O–H groups in total. The van der Waals surface area contributed by atoms with Crippen LogP contribution in [-0.4, -0.2) is 29.8 Å². The maximum atomic E-state index is 5.52. The Balaban J connectivity index is 2.27. The Morgan fingerprint density at radius 1 is 1.41 bits per heavy atom. The van der Waals surface area contributed by atoms with Crippen LogP contribution in [0.4, 0.5) is 0 Å². The van der Waals surface area contributed by atoms with Gasteiger partial charge in [-0.15, -0.1) is 0 Å². The van der Waals surface area contributed by atoms with E-state index in [-0.39, 0.29) is 0 Å². The smallest absolute Gasteiger partial charge is 0.213 e. The van der Waals surface area contributed by atoms with Crippen LogP contribution in [0.3, 0.4) is 0 Å². The number of pyridine rings is 1. The number of nitrogens with two attached hydrogens (primary N) is 1. The van der Waals surface area contributed by atoms with Crippen molar-refractivity contribution in [3.05, 3.63) is 23.9 Å². The molecule has 4 nitrogen and oxygen atoms in total. The Labute approximate surface area is 107 Å². The molecule has 0 aliphatic rings. The van der Waals surface area contributed by atoms with Crippen LogP contribution in [0.15, 0.2) is 18.3 Å². The SMILES string of the molecule is CCCCOCCOc1cc(C(N)=S)ccn1. The van der Waals surface area contributed by atoms with E-state index in [9.17, 15) is 0 Å². The lowest BCUT2D eigenvalue weighted by Gasteiger charge is -2.07. The van der Waals surface area contributed by atoms with Crippen molar-refractivity contribution in [2.75, 3.05) is 19.8 Å². The average Bonchev–Trinajstić information content (AvgIpc) is 2.34. The summed E-state index contributed by atoms with van der Waals surface area (Å²) in [5.74, 6) is 0.523. The van der Waals surface area contributed by atoms with Crippen LogP contribution >= 0.6 is 12.2 Å². The molecule has 0 spiro atoms. The first kappa shape index (κ1) is 13.9. The van der Waals surface area contributed by atoms with Gasteiger partial charge in [-0.05, 0) is 12.5 Å². The highest BCUT2D eigenvalue weighted by atomic mass is 32.1. The summed E-state index contributed by atoms with van der Waals surface area (Å²) in [5.41, 5.74) is 6.28. The van der Waals surface area contributed by atoms with Crippen molar-refractivity contribution in [1.82, 2.24) is 4.98 Å². The molecule has 5 heteroatoms. The lowest BCUT2D eigenvalue weighted by atomic mass is 10.3. The molecule has 17 heavy (non-hydrogen) atoms. The summed E-state index contributed by atoms with van der Waals surface area (Å²) >= 11 is 4.87. The van der Waals surface area contributed by atoms with E-state index in [0.29, 0.717) is 24.1 Å². The number of nitrogens with zero attached hydrogens (tertiary/aromatic N) is 1. The van der Waals surface area contributed by atoms with E-state index in [1.807, 2.05) is 0 Å². The van der Waals surface area contributed by atoms with Crippen molar-refractivity contribution in [2.45, 2.75) is 19.8 Å². The molecule has 0 bridgehead atoms. The first-order valence-electron chi connectivity index (χ1n) is 5.70. The van der Waals surface area contributed by atoms with Gasteiger partial charge in [0.15, 0.2) is 0 Å². The number of thiocarbonyl (C=S) groups is 1. The third kappa shape index (κ3) is 5.60. The van der Waals surface area contributed by atoms with Crippen molar-refractivity contribution in [2.24, 2.45) is 5.73 Å². The molecule has 0 saturated carbocycles. The summed E-state index contributed by atoms with van der Waals surface area (Å²) in [6.07, 6.45) is 3.84. The lowest BCUT2D eigenvalue weighted by molar-refractivity contribution is 0.0965. The van der Waals surface area contributed by atoms with Gasteiger partial charge >= 0.3 is 0 Å². The summed E-state index contributed by atoms with van der Waals surface area (Å²) in [6.45, 7) is 3.96. The molecule has 0 amide bonds. The standard InChI is InChI=1S/C12H18N2O2S/c1-2-3-6-15-7-8-16-11-9-10(12(13)17)4-5-14-11/h4-5,9H,2-3,6-8H2,1H3,(H2,13,17). The molecule has 0 unspecified atom stereocenters. The van der Waals surface area contributed by atoms with E-state index in [2.05, 4.69) is 11.9 Å². The first-order valence-corrected chi connectivity index (χ1v) is 6.11. The van der Waals surface area contributed by atoms with Crippen LogP contribution in [0.2, 0.25) is 0 Å². The molecule has 1 heterocycles. The molecule has 1 rings (SSSR count). The number of aromatic nitrogens is 1. The minimum Gasteiger partial charge on any atom is -0.475 e. The second-order valence-corrected chi connectivity index (χ2v) is 4.00. The summed E-state index contributed by atoms with van der Waals surface area (Å²) in [4.78, 5) is 4.41. The van der Waals surface area contributed by atoms with Crippen molar-refractivity contribution in [1.29, 1.82) is 0 Å². The summed E-state index contributed by atoms with van der Waals surface area (Å²) in [6, 6.07) is 3.49. The van der Waals surface area contributed by atoms with Gasteiger partial charge in [0.05, 0.1) is 6.61 Å². The fraction of sp³-hybridized carbons (Fsp3) is 0.500. The van der Waals surface area contributed by atoms with Crippen molar-refractivity contribution in [3.8, 4) is 5.88 Å². The Bertz CT molecular complexity index is 358. The summed E-state index contributed by atoms with van der Waals surface area (Å²) in [5, 5.41) is 0. The molecule has 0 atom stereocenters. The highest BCUT2D eigenvalue weighted by Crippen LogP contribution is 2.08. The predicted octanol–water partition coefficient (Wildman–Crippen LogP) is 1.91. The van der Waals surface area contributed by atoms with Crippen LogP contribution in [0.25, 0.3) is 0 Å². The molecule has 1 aromatic rings. The van der Waals surface area contributed by atoms with Crippen LogP contribution < -0.4 is 10.5 Å². The van der Waals surface area contributed by atoms with E-state index in [1.165, 1.54) is 0 Å². The van der Waals surface area contributed by atoms with Crippen molar-refractivity contribution >= 4 is 17.2 Å². The van der Waals surface area contributed by atoms with Crippen LogP contribution in [0.1, 0.15) is 25.3 Å². The minimum atomic E-state index is 0.344. The van der Waals surface area contributed by atoms with Gasteiger partial charge in [0.1, 0.15) is 11.6 Å². The monoisotopic (exact) mass is 254 g/mol. The van der Waals surface area contributed by atoms with Crippen LogP contribution in [0.5, 0.6) is 5.88 Å². The molecule has 0 fully saturated rings. The number of hydrogen-bond acceptors (Lipinski definition) is 4. The topological polar surface area (TPSA) is 57.4 Å². The lowest BCUT2D eigenvalue weighted by Crippen LogP contribution is -2.11. The van der Waals surface area contributed by atoms with Gasteiger partial charge < -0.3 is 15.2 Å². The van der Waals surface area contributed by atoms with E-state index in [1.54, 1.807) is 18.3 Å². The van der Waals surface area contributed by atoms with E-state index >= 15 is 0 Å². The summed E-state index contributed by atoms with van der Waals surface area (Å²) in [7, 11) is 0. The molecule has 0 aliphatic carbocycles. The first-order chi connectivity index (χ1) is 8.24. The normalized spacial score (nSPS) is 10.2. The van der Waals surface area contributed by atoms with E-state index < -0.39 is 0 Å². The molecule has 0 aliphatic heterocycles. The van der Waals surface area contributed by atoms with Gasteiger partial charge in [-0.1, -0.05) is 25.6 Å². The fourth-order valence-electron chi connectivity index (χ4n) is 1.20. The van der Waals surface area contributed by atoms with Gasteiger partial charge in [0, 0.05) is 24.4 Å². The molecule has 0 saturated heterocycles. The van der Waals surface area contributed by atoms with E-state index in [0.717, 1.165) is 25.0 Å². The van der Waals surface area contributed by atoms with Gasteiger partial charge in [0.25, 0.3) is 0 Å². The zero-order valence-electron chi connectivity index (χ0n) is 10.0. The molecule has 1 aromatic heterocycles. The van der Waals surface area contributed by atoms with E-state index in [4.69, 9.17) is 27.4 Å². The second-order valence-electron chi connectivity index (χ2n) is 3.56. The zero-order chi connectivity index (χ0) is 12.5. The highest BCUT2D eigenvalue weighted by molar-refractivity contribution is 7.80. The average molecular weight is 254 g/mol. The Kier molecular flexibility index (Phi) is 6.50. The second kappa shape index (κ2) is 7.97. The van der Waals surface area contributed by atoms with Gasteiger partial charge in [-0.3, -0.25) is 0 Å². The van der Waals surface area contributed by atoms with Crippen LogP contribution in [-0.2, 0) is 4.74 Å². The maximum Gasteiger partial charge on any atom is 0.213 e. The zero-order valence-corrected chi connectivity index (χ0v) is 10.8. The molecular formula is C12H18N2O2S. The van der Waals surface area contributed by atoms with Gasteiger partial charge in [-0.2, -0.15) is 0 Å². The number of rotatable bonds is 8. The quantitative estimate of drug-likeness (QED) is 0.567. The number of ether oxygens (including phenoxy) is 2. The van der Waals surface area contributed by atoms with Gasteiger partial charge in [-0.25, -0.2) is 4.98 Å². The maximum absolute atomic E-state index is 5.52. The van der Waals surface area contributed by atoms with Crippen LogP contribution in [0, 0.1) is 0 Å². The Morgan fingerprint density at radius 2 is 2.24 bits per heavy atom. The molecule has 0 aromatic carbocycles. The van der Waals surface area contributed by atoms with Crippen molar-refractivity contribution in [3.63, 3.8) is 0 Å². The van der Waals surface area contributed by atoms with Gasteiger partial charge in [0.2, 0.25) is 5.88 Å². The van der Waals surface area contributed by atoms with Crippen molar-refractivity contribution < 1.29 is 9.47 Å². The number of hydrogen-bond donors (Lipinski definition) is 1. The molecular weight excluding hydrogens is 236 g/mol. The molecule has 0 radical (unpaired) electrons. The fourth-order valence-corrected chi connectivity index (χ4v) is 1.32. The minimum absolute atomic E-state index is 0.344. The number of unbranched alkanes of at least 4 members (excludes halogenated alkanes) is 1. The predicted molar refractivity (Wildman–Crippen MR) is 71.3 cm³/mol. The third-order valence-electron chi connectivity index (χ3n) is 2.14.